The van der Waals surface area contributed by atoms with Crippen molar-refractivity contribution in [2.75, 3.05) is 19.0 Å². The van der Waals surface area contributed by atoms with Gasteiger partial charge in [-0.1, -0.05) is 24.3 Å². The van der Waals surface area contributed by atoms with Gasteiger partial charge in [0.25, 0.3) is 0 Å². The number of aliphatic carboxylic acids is 1. The Morgan fingerprint density at radius 1 is 1.23 bits per heavy atom. The summed E-state index contributed by atoms with van der Waals surface area (Å²) in [5, 5.41) is 18.0. The highest BCUT2D eigenvalue weighted by Crippen LogP contribution is 2.22. The Morgan fingerprint density at radius 3 is 2.73 bits per heavy atom. The van der Waals surface area contributed by atoms with Crippen LogP contribution in [0, 0.1) is 0 Å². The van der Waals surface area contributed by atoms with Crippen LogP contribution in [0.15, 0.2) is 53.6 Å². The van der Waals surface area contributed by atoms with E-state index in [1.165, 1.54) is 0 Å². The van der Waals surface area contributed by atoms with Gasteiger partial charge in [-0.05, 0) is 43.4 Å². The van der Waals surface area contributed by atoms with Crippen LogP contribution in [0.3, 0.4) is 0 Å². The maximum absolute atomic E-state index is 10.5. The number of carboxylic acid groups (broad SMARTS) is 1. The van der Waals surface area contributed by atoms with Crippen LogP contribution < -0.4 is 25.3 Å². The summed E-state index contributed by atoms with van der Waals surface area (Å²) >= 11 is 5.23. The fraction of sp³-hybridized carbons (Fsp3) is 0.167. The molecule has 0 unspecified atom stereocenters. The third-order valence-corrected chi connectivity index (χ3v) is 3.48. The lowest BCUT2D eigenvalue weighted by Gasteiger charge is -2.12. The van der Waals surface area contributed by atoms with Crippen molar-refractivity contribution in [3.63, 3.8) is 0 Å². The smallest absolute Gasteiger partial charge is 0.191 e. The number of para-hydroxylation sites is 2. The van der Waals surface area contributed by atoms with Gasteiger partial charge in [-0.2, -0.15) is 5.10 Å². The van der Waals surface area contributed by atoms with E-state index in [0.717, 1.165) is 11.3 Å². The molecule has 0 heterocycles. The molecule has 0 spiro atoms. The molecule has 2 N–H and O–H groups in total. The first kappa shape index (κ1) is 19.2. The SMILES string of the molecule is COc1ccccc1NC(=S)N/N=C(/C)c1cccc(OCC(=O)[O-])c1. The number of anilines is 1. The van der Waals surface area contributed by atoms with Crippen LogP contribution in [-0.4, -0.2) is 30.5 Å². The van der Waals surface area contributed by atoms with Gasteiger partial charge in [-0.3, -0.25) is 5.43 Å². The van der Waals surface area contributed by atoms with Crippen molar-refractivity contribution in [1.29, 1.82) is 0 Å². The predicted molar refractivity (Wildman–Crippen MR) is 102 cm³/mol. The number of methoxy groups -OCH3 is 1. The van der Waals surface area contributed by atoms with Gasteiger partial charge >= 0.3 is 0 Å². The monoisotopic (exact) mass is 372 g/mol. The summed E-state index contributed by atoms with van der Waals surface area (Å²) in [6.07, 6.45) is 0. The van der Waals surface area contributed by atoms with Gasteiger partial charge in [0.05, 0.1) is 24.5 Å². The van der Waals surface area contributed by atoms with Crippen molar-refractivity contribution in [2.24, 2.45) is 5.10 Å². The minimum absolute atomic E-state index is 0.304. The minimum Gasteiger partial charge on any atom is -0.546 e. The van der Waals surface area contributed by atoms with Gasteiger partial charge in [0, 0.05) is 5.56 Å². The van der Waals surface area contributed by atoms with Crippen molar-refractivity contribution in [3.05, 3.63) is 54.1 Å². The number of nitrogens with one attached hydrogen (secondary N) is 2. The van der Waals surface area contributed by atoms with Crippen LogP contribution in [-0.2, 0) is 4.79 Å². The summed E-state index contributed by atoms with van der Waals surface area (Å²) in [7, 11) is 1.58. The van der Waals surface area contributed by atoms with Crippen molar-refractivity contribution in [3.8, 4) is 11.5 Å². The van der Waals surface area contributed by atoms with Crippen LogP contribution in [0.25, 0.3) is 0 Å². The van der Waals surface area contributed by atoms with E-state index >= 15 is 0 Å². The molecule has 2 rings (SSSR count). The Hall–Kier alpha value is -3.13. The first-order chi connectivity index (χ1) is 12.5. The van der Waals surface area contributed by atoms with Gasteiger partial charge in [-0.25, -0.2) is 0 Å². The van der Waals surface area contributed by atoms with Gasteiger partial charge < -0.3 is 24.7 Å². The maximum atomic E-state index is 10.5. The molecule has 0 saturated carbocycles. The molecule has 136 valence electrons. The lowest BCUT2D eigenvalue weighted by molar-refractivity contribution is -0.307. The third kappa shape index (κ3) is 5.75. The van der Waals surface area contributed by atoms with Crippen LogP contribution in [0.2, 0.25) is 0 Å². The van der Waals surface area contributed by atoms with E-state index in [1.54, 1.807) is 32.2 Å². The Kier molecular flexibility index (Phi) is 6.92. The van der Waals surface area contributed by atoms with Gasteiger partial charge in [0.15, 0.2) is 5.11 Å². The van der Waals surface area contributed by atoms with Crippen LogP contribution in [0.1, 0.15) is 12.5 Å². The number of nitrogens with zero attached hydrogens (tertiary/aromatic N) is 1. The largest absolute Gasteiger partial charge is 0.546 e. The fourth-order valence-electron chi connectivity index (χ4n) is 2.05. The predicted octanol–water partition coefficient (Wildman–Crippen LogP) is 1.53. The summed E-state index contributed by atoms with van der Waals surface area (Å²) in [5.74, 6) is -0.207. The van der Waals surface area contributed by atoms with E-state index in [4.69, 9.17) is 21.7 Å². The first-order valence-electron chi connectivity index (χ1n) is 7.67. The Bertz CT molecular complexity index is 824. The van der Waals surface area contributed by atoms with Crippen molar-refractivity contribution in [2.45, 2.75) is 6.92 Å². The molecular formula is C18H18N3O4S-. The summed E-state index contributed by atoms with van der Waals surface area (Å²) in [5.41, 5.74) is 4.88. The maximum Gasteiger partial charge on any atom is 0.191 e. The molecule has 0 saturated heterocycles. The fourth-order valence-corrected chi connectivity index (χ4v) is 2.21. The van der Waals surface area contributed by atoms with E-state index in [9.17, 15) is 9.90 Å². The molecule has 0 bridgehead atoms. The Morgan fingerprint density at radius 2 is 2.00 bits per heavy atom. The zero-order valence-electron chi connectivity index (χ0n) is 14.3. The van der Waals surface area contributed by atoms with Gasteiger partial charge in [0.2, 0.25) is 0 Å². The molecule has 0 aliphatic carbocycles. The molecule has 8 heteroatoms. The molecule has 0 aliphatic rings. The lowest BCUT2D eigenvalue weighted by atomic mass is 10.1. The summed E-state index contributed by atoms with van der Waals surface area (Å²) < 4.78 is 10.3. The van der Waals surface area contributed by atoms with Crippen molar-refractivity contribution >= 4 is 34.7 Å². The van der Waals surface area contributed by atoms with Crippen LogP contribution in [0.5, 0.6) is 11.5 Å². The highest BCUT2D eigenvalue weighted by atomic mass is 32.1. The van der Waals surface area contributed by atoms with Gasteiger partial charge in [0.1, 0.15) is 18.1 Å². The number of thiocarbonyl (C=S) groups is 1. The molecule has 26 heavy (non-hydrogen) atoms. The number of hydrogen-bond donors (Lipinski definition) is 2. The zero-order chi connectivity index (χ0) is 18.9. The topological polar surface area (TPSA) is 95.0 Å². The Balaban J connectivity index is 2.00. The van der Waals surface area contributed by atoms with E-state index in [0.29, 0.717) is 22.3 Å². The van der Waals surface area contributed by atoms with Crippen LogP contribution in [0.4, 0.5) is 5.69 Å². The molecule has 0 radical (unpaired) electrons. The van der Waals surface area contributed by atoms with Crippen molar-refractivity contribution < 1.29 is 19.4 Å². The average Bonchev–Trinajstić information content (AvgIpc) is 2.65. The van der Waals surface area contributed by atoms with Gasteiger partial charge in [-0.15, -0.1) is 0 Å². The van der Waals surface area contributed by atoms with Crippen molar-refractivity contribution in [1.82, 2.24) is 5.43 Å². The number of hydrogen-bond acceptors (Lipinski definition) is 6. The highest BCUT2D eigenvalue weighted by Gasteiger charge is 2.04. The lowest BCUT2D eigenvalue weighted by Crippen LogP contribution is -2.29. The summed E-state index contributed by atoms with van der Waals surface area (Å²) in [6.45, 7) is 1.28. The summed E-state index contributed by atoms with van der Waals surface area (Å²) in [6, 6.07) is 14.3. The molecular weight excluding hydrogens is 354 g/mol. The molecule has 0 atom stereocenters. The molecule has 7 nitrogen and oxygen atoms in total. The number of rotatable bonds is 7. The van der Waals surface area contributed by atoms with E-state index < -0.39 is 12.6 Å². The summed E-state index contributed by atoms with van der Waals surface area (Å²) in [4.78, 5) is 10.5. The number of carbonyl (C=O) groups excluding carboxylic acids is 1. The Labute approximate surface area is 156 Å². The normalized spacial score (nSPS) is 10.8. The molecule has 0 aromatic heterocycles. The van der Waals surface area contributed by atoms with E-state index in [1.807, 2.05) is 30.3 Å². The second-order valence-electron chi connectivity index (χ2n) is 5.15. The number of ether oxygens (including phenoxy) is 2. The third-order valence-electron chi connectivity index (χ3n) is 3.29. The minimum atomic E-state index is -1.28. The second kappa shape index (κ2) is 9.38. The van der Waals surface area contributed by atoms with Crippen LogP contribution >= 0.6 is 12.2 Å². The number of hydrazone groups is 1. The van der Waals surface area contributed by atoms with E-state index in [-0.39, 0.29) is 0 Å². The molecule has 0 aliphatic heterocycles. The molecule has 2 aromatic carbocycles. The highest BCUT2D eigenvalue weighted by molar-refractivity contribution is 7.80. The standard InChI is InChI=1S/C18H19N3O4S/c1-12(13-6-5-7-14(10-13)25-11-17(22)23)20-21-18(26)19-15-8-3-4-9-16(15)24-2/h3-10H,11H2,1-2H3,(H,22,23)(H2,19,21,26)/p-1/b20-12-. The molecule has 0 fully saturated rings. The first-order valence-corrected chi connectivity index (χ1v) is 8.08. The zero-order valence-corrected chi connectivity index (χ0v) is 15.1. The molecule has 2 aromatic rings. The second-order valence-corrected chi connectivity index (χ2v) is 5.56. The van der Waals surface area contributed by atoms with E-state index in [2.05, 4.69) is 15.8 Å². The number of carbonyl (C=O) groups is 1. The number of benzene rings is 2. The quantitative estimate of drug-likeness (QED) is 0.432. The average molecular weight is 372 g/mol. The molecule has 0 amide bonds. The number of carboxylic acids is 1.